The van der Waals surface area contributed by atoms with Crippen LogP contribution in [0.3, 0.4) is 0 Å². The number of nitrogens with two attached hydrogens (primary N) is 1. The third-order valence-electron chi connectivity index (χ3n) is 5.03. The molecule has 1 aliphatic rings. The highest BCUT2D eigenvalue weighted by Gasteiger charge is 2.37. The van der Waals surface area contributed by atoms with Crippen molar-refractivity contribution in [1.29, 1.82) is 0 Å². The summed E-state index contributed by atoms with van der Waals surface area (Å²) in [5.74, 6) is 1.22. The lowest BCUT2D eigenvalue weighted by Gasteiger charge is -2.37. The topological polar surface area (TPSA) is 68.9 Å². The van der Waals surface area contributed by atoms with Crippen LogP contribution in [0.1, 0.15) is 24.0 Å². The molecular weight excluding hydrogens is 362 g/mol. The van der Waals surface area contributed by atoms with E-state index in [1.54, 1.807) is 7.11 Å². The van der Waals surface area contributed by atoms with Gasteiger partial charge in [0.25, 0.3) is 0 Å². The van der Waals surface area contributed by atoms with E-state index in [1.807, 2.05) is 49.4 Å². The number of nitrogens with one attached hydrogen (secondary N) is 1. The molecule has 1 aliphatic heterocycles. The number of ether oxygens (including phenoxy) is 2. The molecule has 0 atom stereocenters. The first-order valence-corrected chi connectivity index (χ1v) is 9.46. The first-order valence-electron chi connectivity index (χ1n) is 9.08. The number of guanidine groups is 1. The van der Waals surface area contributed by atoms with Gasteiger partial charge in [0.2, 0.25) is 0 Å². The van der Waals surface area contributed by atoms with Crippen LogP contribution in [0.2, 0.25) is 5.02 Å². The van der Waals surface area contributed by atoms with Gasteiger partial charge in [-0.25, -0.2) is 0 Å². The Hall–Kier alpha value is -2.24. The molecule has 3 N–H and O–H groups in total. The van der Waals surface area contributed by atoms with Crippen LogP contribution in [-0.2, 0) is 10.2 Å². The molecule has 0 amide bonds. The highest BCUT2D eigenvalue weighted by Crippen LogP contribution is 2.41. The minimum atomic E-state index is -0.215. The van der Waals surface area contributed by atoms with Crippen molar-refractivity contribution in [2.45, 2.75) is 25.2 Å². The molecule has 2 aromatic carbocycles. The molecule has 5 nitrogen and oxygen atoms in total. The summed E-state index contributed by atoms with van der Waals surface area (Å²) in [4.78, 5) is 4.66. The van der Waals surface area contributed by atoms with Crippen LogP contribution in [0.5, 0.6) is 5.75 Å². The maximum absolute atomic E-state index is 6.28. The Bertz CT molecular complexity index is 817. The largest absolute Gasteiger partial charge is 0.496 e. The number of hydrogen-bond donors (Lipinski definition) is 2. The van der Waals surface area contributed by atoms with Crippen molar-refractivity contribution in [2.75, 3.05) is 32.2 Å². The lowest BCUT2D eigenvalue weighted by atomic mass is 9.73. The second kappa shape index (κ2) is 8.63. The fourth-order valence-electron chi connectivity index (χ4n) is 3.52. The van der Waals surface area contributed by atoms with Crippen molar-refractivity contribution in [2.24, 2.45) is 10.7 Å². The van der Waals surface area contributed by atoms with Crippen molar-refractivity contribution in [1.82, 2.24) is 0 Å². The van der Waals surface area contributed by atoms with Gasteiger partial charge < -0.3 is 20.5 Å². The van der Waals surface area contributed by atoms with Crippen molar-refractivity contribution in [3.05, 3.63) is 58.6 Å². The zero-order chi connectivity index (χ0) is 19.3. The number of hydrogen-bond acceptors (Lipinski definition) is 3. The highest BCUT2D eigenvalue weighted by molar-refractivity contribution is 6.30. The van der Waals surface area contributed by atoms with E-state index in [4.69, 9.17) is 26.8 Å². The van der Waals surface area contributed by atoms with E-state index in [9.17, 15) is 0 Å². The summed E-state index contributed by atoms with van der Waals surface area (Å²) in [5.41, 5.74) is 9.10. The van der Waals surface area contributed by atoms with Crippen LogP contribution in [0.4, 0.5) is 5.69 Å². The predicted octanol–water partition coefficient (Wildman–Crippen LogP) is 4.13. The number of anilines is 1. The van der Waals surface area contributed by atoms with Gasteiger partial charge in [-0.1, -0.05) is 23.7 Å². The smallest absolute Gasteiger partial charge is 0.193 e. The van der Waals surface area contributed by atoms with Gasteiger partial charge in [0.15, 0.2) is 5.96 Å². The van der Waals surface area contributed by atoms with Crippen molar-refractivity contribution >= 4 is 23.2 Å². The van der Waals surface area contributed by atoms with Crippen LogP contribution in [0.15, 0.2) is 47.5 Å². The molecule has 0 saturated carbocycles. The molecule has 1 heterocycles. The third-order valence-corrected chi connectivity index (χ3v) is 5.26. The number of nitrogens with zero attached hydrogens (tertiary/aromatic N) is 1. The first-order chi connectivity index (χ1) is 13.0. The number of aryl methyl sites for hydroxylation is 1. The standard InChI is InChI=1S/C21H26ClN3O2/c1-15-4-3-5-17(12-15)25-20(23)24-14-21(8-10-27-11-9-21)18-13-16(22)6-7-19(18)26-2/h3-7,12-13H,8-11,14H2,1-2H3,(H3,23,24,25). The van der Waals surface area contributed by atoms with E-state index >= 15 is 0 Å². The zero-order valence-corrected chi connectivity index (χ0v) is 16.6. The van der Waals surface area contributed by atoms with Gasteiger partial charge in [-0.2, -0.15) is 0 Å². The Morgan fingerprint density at radius 3 is 2.74 bits per heavy atom. The number of halogens is 1. The Morgan fingerprint density at radius 2 is 2.04 bits per heavy atom. The number of rotatable bonds is 5. The molecular formula is C21H26ClN3O2. The van der Waals surface area contributed by atoms with Gasteiger partial charge in [0, 0.05) is 34.9 Å². The van der Waals surface area contributed by atoms with Gasteiger partial charge in [0.1, 0.15) is 5.75 Å². The Morgan fingerprint density at radius 1 is 1.26 bits per heavy atom. The van der Waals surface area contributed by atoms with Gasteiger partial charge in [0.05, 0.1) is 13.7 Å². The highest BCUT2D eigenvalue weighted by atomic mass is 35.5. The van der Waals surface area contributed by atoms with Gasteiger partial charge in [-0.05, 0) is 55.7 Å². The van der Waals surface area contributed by atoms with E-state index in [0.29, 0.717) is 30.7 Å². The minimum absolute atomic E-state index is 0.215. The normalized spacial score (nSPS) is 16.8. The number of benzene rings is 2. The molecule has 3 rings (SSSR count). The molecule has 1 saturated heterocycles. The molecule has 0 spiro atoms. The lowest BCUT2D eigenvalue weighted by molar-refractivity contribution is 0.0523. The van der Waals surface area contributed by atoms with Gasteiger partial charge in [-0.3, -0.25) is 4.99 Å². The molecule has 144 valence electrons. The fourth-order valence-corrected chi connectivity index (χ4v) is 3.69. The SMILES string of the molecule is COc1ccc(Cl)cc1C1(CN=C(N)Nc2cccc(C)c2)CCOCC1. The molecule has 0 unspecified atom stereocenters. The maximum atomic E-state index is 6.28. The van der Waals surface area contributed by atoms with Crippen molar-refractivity contribution in [3.63, 3.8) is 0 Å². The van der Waals surface area contributed by atoms with Crippen LogP contribution >= 0.6 is 11.6 Å². The Labute approximate surface area is 165 Å². The summed E-state index contributed by atoms with van der Waals surface area (Å²) in [6.45, 7) is 3.94. The Balaban J connectivity index is 1.86. The first kappa shape index (κ1) is 19.5. The molecule has 6 heteroatoms. The van der Waals surface area contributed by atoms with Crippen molar-refractivity contribution in [3.8, 4) is 5.75 Å². The Kier molecular flexibility index (Phi) is 6.24. The quantitative estimate of drug-likeness (QED) is 0.597. The van der Waals surface area contributed by atoms with Gasteiger partial charge in [-0.15, -0.1) is 0 Å². The van der Waals surface area contributed by atoms with E-state index in [1.165, 1.54) is 0 Å². The average Bonchev–Trinajstić information content (AvgIpc) is 2.67. The summed E-state index contributed by atoms with van der Waals surface area (Å²) in [6, 6.07) is 13.8. The predicted molar refractivity (Wildman–Crippen MR) is 111 cm³/mol. The van der Waals surface area contributed by atoms with Crippen LogP contribution in [0.25, 0.3) is 0 Å². The second-order valence-electron chi connectivity index (χ2n) is 6.93. The fraction of sp³-hybridized carbons (Fsp3) is 0.381. The molecule has 0 bridgehead atoms. The summed E-state index contributed by atoms with van der Waals surface area (Å²) < 4.78 is 11.2. The third kappa shape index (κ3) is 4.73. The van der Waals surface area contributed by atoms with E-state index in [2.05, 4.69) is 10.3 Å². The minimum Gasteiger partial charge on any atom is -0.496 e. The van der Waals surface area contributed by atoms with Crippen LogP contribution < -0.4 is 15.8 Å². The monoisotopic (exact) mass is 387 g/mol. The molecule has 0 aromatic heterocycles. The molecule has 0 aliphatic carbocycles. The zero-order valence-electron chi connectivity index (χ0n) is 15.8. The summed E-state index contributed by atoms with van der Waals surface area (Å²) >= 11 is 6.28. The molecule has 0 radical (unpaired) electrons. The van der Waals surface area contributed by atoms with Crippen LogP contribution in [0, 0.1) is 6.92 Å². The van der Waals surface area contributed by atoms with E-state index < -0.39 is 0 Å². The summed E-state index contributed by atoms with van der Waals surface area (Å²) in [5, 5.41) is 3.86. The van der Waals surface area contributed by atoms with E-state index in [-0.39, 0.29) is 5.41 Å². The molecule has 2 aromatic rings. The molecule has 1 fully saturated rings. The van der Waals surface area contributed by atoms with Crippen LogP contribution in [-0.4, -0.2) is 32.8 Å². The maximum Gasteiger partial charge on any atom is 0.193 e. The van der Waals surface area contributed by atoms with E-state index in [0.717, 1.165) is 35.4 Å². The molecule has 27 heavy (non-hydrogen) atoms. The second-order valence-corrected chi connectivity index (χ2v) is 7.37. The average molecular weight is 388 g/mol. The summed E-state index contributed by atoms with van der Waals surface area (Å²) in [7, 11) is 1.68. The van der Waals surface area contributed by atoms with Gasteiger partial charge >= 0.3 is 0 Å². The number of aliphatic imine (C=N–C) groups is 1. The number of methoxy groups -OCH3 is 1. The summed E-state index contributed by atoms with van der Waals surface area (Å²) in [6.07, 6.45) is 1.68. The lowest BCUT2D eigenvalue weighted by Crippen LogP contribution is -2.38. The van der Waals surface area contributed by atoms with Crippen molar-refractivity contribution < 1.29 is 9.47 Å².